The third-order valence-electron chi connectivity index (χ3n) is 3.31. The Balaban J connectivity index is 2.23. The topological polar surface area (TPSA) is 28.7 Å². The van der Waals surface area contributed by atoms with Crippen LogP contribution in [0.3, 0.4) is 0 Å². The number of aromatic amines is 1. The highest BCUT2D eigenvalue weighted by atomic mass is 35.5. The molecule has 0 fully saturated rings. The maximum absolute atomic E-state index is 13.2. The second-order valence-corrected chi connectivity index (χ2v) is 4.91. The quantitative estimate of drug-likeness (QED) is 0.494. The van der Waals surface area contributed by atoms with E-state index in [4.69, 9.17) is 11.6 Å². The summed E-state index contributed by atoms with van der Waals surface area (Å²) in [5.74, 6) is -0.262. The van der Waals surface area contributed by atoms with E-state index >= 15 is 0 Å². The summed E-state index contributed by atoms with van der Waals surface area (Å²) in [6.07, 6.45) is 0. The number of nitrogens with one attached hydrogen (secondary N) is 1. The normalized spacial score (nSPS) is 11.7. The molecule has 2 nitrogen and oxygen atoms in total. The van der Waals surface area contributed by atoms with E-state index in [1.165, 1.54) is 12.1 Å². The number of halogens is 2. The van der Waals surface area contributed by atoms with Crippen molar-refractivity contribution in [2.45, 2.75) is 0 Å². The largest absolute Gasteiger partial charge is 0.353 e. The summed E-state index contributed by atoms with van der Waals surface area (Å²) in [4.78, 5) is 7.80. The predicted octanol–water partition coefficient (Wildman–Crippen LogP) is 4.66. The first-order valence-corrected chi connectivity index (χ1v) is 6.26. The highest BCUT2D eigenvalue weighted by Crippen LogP contribution is 2.30. The van der Waals surface area contributed by atoms with Gasteiger partial charge in [0.05, 0.1) is 27.1 Å². The van der Waals surface area contributed by atoms with Crippen LogP contribution in [-0.2, 0) is 0 Å². The van der Waals surface area contributed by atoms with Crippen molar-refractivity contribution in [2.24, 2.45) is 0 Å². The summed E-state index contributed by atoms with van der Waals surface area (Å²) in [5, 5.41) is 2.47. The molecule has 0 unspecified atom stereocenters. The van der Waals surface area contributed by atoms with Crippen molar-refractivity contribution in [3.63, 3.8) is 0 Å². The lowest BCUT2D eigenvalue weighted by Gasteiger charge is -1.99. The van der Waals surface area contributed by atoms with Gasteiger partial charge in [0.2, 0.25) is 0 Å². The molecule has 1 N–H and O–H groups in total. The molecule has 0 radical (unpaired) electrons. The fourth-order valence-corrected chi connectivity index (χ4v) is 2.66. The zero-order valence-electron chi connectivity index (χ0n) is 9.74. The van der Waals surface area contributed by atoms with Crippen LogP contribution in [0.5, 0.6) is 0 Å². The fraction of sp³-hybridized carbons (Fsp3) is 0. The van der Waals surface area contributed by atoms with Crippen molar-refractivity contribution in [2.75, 3.05) is 0 Å². The highest BCUT2D eigenvalue weighted by molar-refractivity contribution is 6.35. The minimum Gasteiger partial charge on any atom is -0.353 e. The van der Waals surface area contributed by atoms with E-state index in [9.17, 15) is 4.39 Å². The van der Waals surface area contributed by atoms with Gasteiger partial charge in [0.25, 0.3) is 0 Å². The third kappa shape index (κ3) is 1.52. The predicted molar refractivity (Wildman–Crippen MR) is 76.1 cm³/mol. The van der Waals surface area contributed by atoms with Crippen molar-refractivity contribution >= 4 is 44.4 Å². The lowest BCUT2D eigenvalue weighted by Crippen LogP contribution is -1.81. The maximum Gasteiger partial charge on any atom is 0.125 e. The smallest absolute Gasteiger partial charge is 0.125 e. The summed E-state index contributed by atoms with van der Waals surface area (Å²) >= 11 is 6.17. The van der Waals surface area contributed by atoms with Gasteiger partial charge >= 0.3 is 0 Å². The molecule has 2 aromatic heterocycles. The summed E-state index contributed by atoms with van der Waals surface area (Å²) in [7, 11) is 0. The van der Waals surface area contributed by atoms with Crippen molar-refractivity contribution < 1.29 is 4.39 Å². The molecule has 0 spiro atoms. The van der Waals surface area contributed by atoms with Crippen LogP contribution in [-0.4, -0.2) is 9.97 Å². The number of benzene rings is 2. The zero-order valence-corrected chi connectivity index (χ0v) is 10.5. The number of H-pyrrole nitrogens is 1. The Morgan fingerprint density at radius 1 is 1.00 bits per heavy atom. The molecule has 0 aliphatic heterocycles. The second kappa shape index (κ2) is 3.68. The first kappa shape index (κ1) is 10.8. The van der Waals surface area contributed by atoms with Gasteiger partial charge in [0.15, 0.2) is 0 Å². The Morgan fingerprint density at radius 3 is 2.79 bits per heavy atom. The second-order valence-electron chi connectivity index (χ2n) is 4.51. The molecule has 92 valence electrons. The average Bonchev–Trinajstić information content (AvgIpc) is 2.73. The molecule has 2 heterocycles. The Bertz CT molecular complexity index is 943. The van der Waals surface area contributed by atoms with Crippen molar-refractivity contribution in [1.82, 2.24) is 9.97 Å². The Morgan fingerprint density at radius 2 is 1.89 bits per heavy atom. The fourth-order valence-electron chi connectivity index (χ4n) is 2.43. The molecule has 4 rings (SSSR count). The van der Waals surface area contributed by atoms with Gasteiger partial charge in [-0.2, -0.15) is 0 Å². The summed E-state index contributed by atoms with van der Waals surface area (Å²) in [5.41, 5.74) is 3.28. The third-order valence-corrected chi connectivity index (χ3v) is 3.64. The van der Waals surface area contributed by atoms with Gasteiger partial charge in [0.1, 0.15) is 5.82 Å². The van der Waals surface area contributed by atoms with Gasteiger partial charge < -0.3 is 4.98 Å². The molecule has 0 aliphatic carbocycles. The van der Waals surface area contributed by atoms with E-state index in [0.29, 0.717) is 5.02 Å². The van der Waals surface area contributed by atoms with Gasteiger partial charge in [-0.1, -0.05) is 17.7 Å². The van der Waals surface area contributed by atoms with Crippen molar-refractivity contribution in [3.05, 3.63) is 53.3 Å². The number of pyridine rings is 1. The number of rotatable bonds is 0. The molecule has 4 heteroatoms. The Labute approximate surface area is 112 Å². The van der Waals surface area contributed by atoms with E-state index in [1.54, 1.807) is 6.07 Å². The number of hydrogen-bond donors (Lipinski definition) is 1. The van der Waals surface area contributed by atoms with Gasteiger partial charge in [-0.05, 0) is 36.4 Å². The molecule has 0 bridgehead atoms. The van der Waals surface area contributed by atoms with Crippen LogP contribution in [0.15, 0.2) is 42.5 Å². The van der Waals surface area contributed by atoms with E-state index < -0.39 is 0 Å². The first-order chi connectivity index (χ1) is 9.22. The van der Waals surface area contributed by atoms with Crippen LogP contribution in [0.1, 0.15) is 0 Å². The zero-order chi connectivity index (χ0) is 13.0. The molecule has 2 aromatic carbocycles. The molecule has 19 heavy (non-hydrogen) atoms. The van der Waals surface area contributed by atoms with E-state index in [0.717, 1.165) is 32.8 Å². The maximum atomic E-state index is 13.2. The molecule has 0 saturated carbocycles. The minimum absolute atomic E-state index is 0.262. The molecular formula is C15H8ClFN2. The Hall–Kier alpha value is -2.13. The molecule has 0 amide bonds. The van der Waals surface area contributed by atoms with Crippen LogP contribution in [0.4, 0.5) is 4.39 Å². The summed E-state index contributed by atoms with van der Waals surface area (Å²) < 4.78 is 13.2. The van der Waals surface area contributed by atoms with Crippen LogP contribution in [0.25, 0.3) is 32.8 Å². The summed E-state index contributed by atoms with van der Waals surface area (Å²) in [6, 6.07) is 12.2. The van der Waals surface area contributed by atoms with Crippen LogP contribution >= 0.6 is 11.6 Å². The number of fused-ring (bicyclic) bond motifs is 4. The summed E-state index contributed by atoms with van der Waals surface area (Å²) in [6.45, 7) is 0. The number of hydrogen-bond acceptors (Lipinski definition) is 1. The Kier molecular flexibility index (Phi) is 2.09. The number of aromatic nitrogens is 2. The molecule has 0 saturated heterocycles. The molecule has 0 atom stereocenters. The molecule has 0 aliphatic rings. The van der Waals surface area contributed by atoms with Gasteiger partial charge in [-0.15, -0.1) is 0 Å². The van der Waals surface area contributed by atoms with E-state index in [2.05, 4.69) is 9.97 Å². The molecule has 4 aromatic rings. The van der Waals surface area contributed by atoms with Crippen LogP contribution in [0, 0.1) is 5.82 Å². The number of nitrogens with zero attached hydrogens (tertiary/aromatic N) is 1. The lowest BCUT2D eigenvalue weighted by atomic mass is 10.2. The van der Waals surface area contributed by atoms with Crippen molar-refractivity contribution in [3.8, 4) is 0 Å². The first-order valence-electron chi connectivity index (χ1n) is 5.88. The highest BCUT2D eigenvalue weighted by Gasteiger charge is 2.09. The average molecular weight is 271 g/mol. The van der Waals surface area contributed by atoms with E-state index in [-0.39, 0.29) is 5.82 Å². The lowest BCUT2D eigenvalue weighted by molar-refractivity contribution is 0.629. The van der Waals surface area contributed by atoms with Crippen LogP contribution in [0.2, 0.25) is 5.02 Å². The monoisotopic (exact) mass is 270 g/mol. The van der Waals surface area contributed by atoms with E-state index in [1.807, 2.05) is 24.3 Å². The molecular weight excluding hydrogens is 263 g/mol. The van der Waals surface area contributed by atoms with Gasteiger partial charge in [-0.25, -0.2) is 9.37 Å². The standard InChI is InChI=1S/C15H8ClFN2/c16-11-2-1-3-12-10(11)7-14-15(19-12)9-5-4-8(17)6-13(9)18-14/h1-7,18H. The SMILES string of the molecule is Fc1ccc2c(c1)[nH]c1cc3c(Cl)cccc3nc12. The van der Waals surface area contributed by atoms with Gasteiger partial charge in [0, 0.05) is 10.8 Å². The van der Waals surface area contributed by atoms with Crippen LogP contribution < -0.4 is 0 Å². The minimum atomic E-state index is -0.262. The van der Waals surface area contributed by atoms with Crippen molar-refractivity contribution in [1.29, 1.82) is 0 Å². The van der Waals surface area contributed by atoms with Gasteiger partial charge in [-0.3, -0.25) is 0 Å².